The fraction of sp³-hybridized carbons (Fsp3) is 0.500. The Hall–Kier alpha value is -0.780. The summed E-state index contributed by atoms with van der Waals surface area (Å²) in [7, 11) is 0. The van der Waals surface area contributed by atoms with Gasteiger partial charge in [0, 0.05) is 0 Å². The summed E-state index contributed by atoms with van der Waals surface area (Å²) in [5.74, 6) is 1.96. The monoisotopic (exact) mass is 160 g/mol. The van der Waals surface area contributed by atoms with E-state index < -0.39 is 0 Å². The Morgan fingerprint density at radius 3 is 2.33 bits per heavy atom. The lowest BCUT2D eigenvalue weighted by Crippen LogP contribution is -1.88. The second kappa shape index (κ2) is 2.93. The quantitative estimate of drug-likeness (QED) is 0.623. The van der Waals surface area contributed by atoms with Gasteiger partial charge >= 0.3 is 0 Å². The minimum Gasteiger partial charge on any atom is -0.0622 e. The van der Waals surface area contributed by atoms with Crippen LogP contribution in [0.25, 0.3) is 0 Å². The van der Waals surface area contributed by atoms with Crippen molar-refractivity contribution in [1.29, 1.82) is 0 Å². The standard InChI is InChI=1S/C12H16/c1-9-3-5-11(6-4-9)8-12-7-10(12)2/h3-6,10,12H,7-8H2,1-2H3. The van der Waals surface area contributed by atoms with Crippen molar-refractivity contribution in [3.8, 4) is 0 Å². The van der Waals surface area contributed by atoms with E-state index in [-0.39, 0.29) is 0 Å². The lowest BCUT2D eigenvalue weighted by atomic mass is 10.1. The van der Waals surface area contributed by atoms with Crippen LogP contribution in [-0.2, 0) is 6.42 Å². The zero-order valence-corrected chi connectivity index (χ0v) is 7.88. The van der Waals surface area contributed by atoms with Crippen LogP contribution in [0.4, 0.5) is 0 Å². The molecule has 1 fully saturated rings. The van der Waals surface area contributed by atoms with Gasteiger partial charge in [-0.05, 0) is 37.2 Å². The molecule has 0 aliphatic heterocycles. The summed E-state index contributed by atoms with van der Waals surface area (Å²) in [6.07, 6.45) is 2.73. The molecule has 0 saturated heterocycles. The van der Waals surface area contributed by atoms with Gasteiger partial charge in [-0.2, -0.15) is 0 Å². The molecule has 0 N–H and O–H groups in total. The third-order valence-corrected chi connectivity index (χ3v) is 2.89. The zero-order valence-electron chi connectivity index (χ0n) is 7.88. The van der Waals surface area contributed by atoms with Gasteiger partial charge in [0.1, 0.15) is 0 Å². The summed E-state index contributed by atoms with van der Waals surface area (Å²) >= 11 is 0. The van der Waals surface area contributed by atoms with Crippen LogP contribution in [0.5, 0.6) is 0 Å². The van der Waals surface area contributed by atoms with Gasteiger partial charge in [-0.3, -0.25) is 0 Å². The van der Waals surface area contributed by atoms with E-state index in [1.165, 1.54) is 24.0 Å². The van der Waals surface area contributed by atoms with Gasteiger partial charge in [0.2, 0.25) is 0 Å². The molecule has 0 amide bonds. The van der Waals surface area contributed by atoms with Crippen molar-refractivity contribution in [2.24, 2.45) is 11.8 Å². The molecular formula is C12H16. The van der Waals surface area contributed by atoms with Crippen LogP contribution in [0.1, 0.15) is 24.5 Å². The fourth-order valence-corrected chi connectivity index (χ4v) is 1.71. The Bertz CT molecular complexity index is 258. The summed E-state index contributed by atoms with van der Waals surface area (Å²) in [6, 6.07) is 8.95. The first-order valence-electron chi connectivity index (χ1n) is 4.81. The maximum Gasteiger partial charge on any atom is -0.0248 e. The Balaban J connectivity index is 2.00. The molecule has 64 valence electrons. The molecule has 0 aromatic heterocycles. The lowest BCUT2D eigenvalue weighted by Gasteiger charge is -1.99. The first-order chi connectivity index (χ1) is 5.75. The molecule has 1 aromatic carbocycles. The molecule has 0 radical (unpaired) electrons. The molecule has 1 saturated carbocycles. The van der Waals surface area contributed by atoms with Gasteiger partial charge in [0.25, 0.3) is 0 Å². The van der Waals surface area contributed by atoms with Crippen LogP contribution in [0.2, 0.25) is 0 Å². The van der Waals surface area contributed by atoms with Gasteiger partial charge in [-0.15, -0.1) is 0 Å². The number of hydrogen-bond acceptors (Lipinski definition) is 0. The van der Waals surface area contributed by atoms with Crippen molar-refractivity contribution < 1.29 is 0 Å². The van der Waals surface area contributed by atoms with Crippen molar-refractivity contribution in [2.45, 2.75) is 26.7 Å². The highest BCUT2D eigenvalue weighted by Crippen LogP contribution is 2.40. The van der Waals surface area contributed by atoms with E-state index in [4.69, 9.17) is 0 Å². The maximum atomic E-state index is 2.35. The van der Waals surface area contributed by atoms with Crippen molar-refractivity contribution >= 4 is 0 Å². The average Bonchev–Trinajstić information content (AvgIpc) is 2.72. The SMILES string of the molecule is Cc1ccc(CC2CC2C)cc1. The van der Waals surface area contributed by atoms with Crippen LogP contribution >= 0.6 is 0 Å². The van der Waals surface area contributed by atoms with Crippen molar-refractivity contribution in [2.75, 3.05) is 0 Å². The number of rotatable bonds is 2. The van der Waals surface area contributed by atoms with Crippen molar-refractivity contribution in [3.63, 3.8) is 0 Å². The van der Waals surface area contributed by atoms with E-state index in [9.17, 15) is 0 Å². The molecule has 0 heterocycles. The van der Waals surface area contributed by atoms with Crippen LogP contribution in [0.3, 0.4) is 0 Å². The van der Waals surface area contributed by atoms with Gasteiger partial charge < -0.3 is 0 Å². The predicted octanol–water partition coefficient (Wildman–Crippen LogP) is 3.19. The largest absolute Gasteiger partial charge is 0.0622 e. The highest BCUT2D eigenvalue weighted by Gasteiger charge is 2.31. The summed E-state index contributed by atoms with van der Waals surface area (Å²) in [5, 5.41) is 0. The van der Waals surface area contributed by atoms with Gasteiger partial charge in [-0.25, -0.2) is 0 Å². The normalized spacial score (nSPS) is 27.2. The maximum absolute atomic E-state index is 2.35. The molecule has 0 spiro atoms. The van der Waals surface area contributed by atoms with Crippen LogP contribution in [-0.4, -0.2) is 0 Å². The Morgan fingerprint density at radius 2 is 1.83 bits per heavy atom. The minimum atomic E-state index is 0.978. The molecular weight excluding hydrogens is 144 g/mol. The molecule has 0 bridgehead atoms. The first-order valence-corrected chi connectivity index (χ1v) is 4.81. The van der Waals surface area contributed by atoms with Gasteiger partial charge in [0.05, 0.1) is 0 Å². The Labute approximate surface area is 74.6 Å². The van der Waals surface area contributed by atoms with E-state index >= 15 is 0 Å². The molecule has 2 unspecified atom stereocenters. The molecule has 12 heavy (non-hydrogen) atoms. The number of benzene rings is 1. The van der Waals surface area contributed by atoms with Crippen LogP contribution in [0.15, 0.2) is 24.3 Å². The third kappa shape index (κ3) is 1.69. The van der Waals surface area contributed by atoms with E-state index in [0.717, 1.165) is 11.8 Å². The number of aryl methyl sites for hydroxylation is 1. The Morgan fingerprint density at radius 1 is 1.25 bits per heavy atom. The van der Waals surface area contributed by atoms with E-state index in [1.807, 2.05) is 0 Å². The molecule has 2 atom stereocenters. The molecule has 0 nitrogen and oxygen atoms in total. The first kappa shape index (κ1) is 7.85. The Kier molecular flexibility index (Phi) is 1.92. The predicted molar refractivity (Wildman–Crippen MR) is 52.2 cm³/mol. The molecule has 1 aliphatic rings. The highest BCUT2D eigenvalue weighted by molar-refractivity contribution is 5.22. The van der Waals surface area contributed by atoms with Crippen LogP contribution in [0, 0.1) is 18.8 Å². The van der Waals surface area contributed by atoms with E-state index in [0.29, 0.717) is 0 Å². The highest BCUT2D eigenvalue weighted by atomic mass is 14.4. The topological polar surface area (TPSA) is 0 Å². The summed E-state index contributed by atoms with van der Waals surface area (Å²) in [6.45, 7) is 4.49. The zero-order chi connectivity index (χ0) is 8.55. The smallest absolute Gasteiger partial charge is 0.0248 e. The summed E-state index contributed by atoms with van der Waals surface area (Å²) in [4.78, 5) is 0. The molecule has 0 heteroatoms. The van der Waals surface area contributed by atoms with Crippen molar-refractivity contribution in [1.82, 2.24) is 0 Å². The molecule has 1 aromatic rings. The fourth-order valence-electron chi connectivity index (χ4n) is 1.71. The summed E-state index contributed by atoms with van der Waals surface area (Å²) < 4.78 is 0. The average molecular weight is 160 g/mol. The number of hydrogen-bond donors (Lipinski definition) is 0. The second-order valence-electron chi connectivity index (χ2n) is 4.16. The molecule has 2 rings (SSSR count). The third-order valence-electron chi connectivity index (χ3n) is 2.89. The van der Waals surface area contributed by atoms with Gasteiger partial charge in [-0.1, -0.05) is 36.8 Å². The van der Waals surface area contributed by atoms with Crippen molar-refractivity contribution in [3.05, 3.63) is 35.4 Å². The lowest BCUT2D eigenvalue weighted by molar-refractivity contribution is 0.747. The summed E-state index contributed by atoms with van der Waals surface area (Å²) in [5.41, 5.74) is 2.87. The van der Waals surface area contributed by atoms with Crippen LogP contribution < -0.4 is 0 Å². The molecule has 1 aliphatic carbocycles. The van der Waals surface area contributed by atoms with E-state index in [1.54, 1.807) is 0 Å². The van der Waals surface area contributed by atoms with E-state index in [2.05, 4.69) is 38.1 Å². The minimum absolute atomic E-state index is 0.978. The second-order valence-corrected chi connectivity index (χ2v) is 4.16. The van der Waals surface area contributed by atoms with Gasteiger partial charge in [0.15, 0.2) is 0 Å².